The first-order chi connectivity index (χ1) is 32.5. The molecule has 22 heteroatoms. The topological polar surface area (TPSA) is 253 Å². The van der Waals surface area contributed by atoms with Crippen LogP contribution in [0.2, 0.25) is 0 Å². The number of aliphatic hydroxyl groups is 2. The third kappa shape index (κ3) is 7.91. The minimum Gasteiger partial charge on any atom is -0.396 e. The van der Waals surface area contributed by atoms with Gasteiger partial charge in [0.05, 0.1) is 36.6 Å². The van der Waals surface area contributed by atoms with E-state index in [4.69, 9.17) is 0 Å². The van der Waals surface area contributed by atoms with Crippen LogP contribution in [-0.4, -0.2) is 113 Å². The molecule has 2 aliphatic carbocycles. The van der Waals surface area contributed by atoms with Crippen LogP contribution >= 0.6 is 0 Å². The van der Waals surface area contributed by atoms with Gasteiger partial charge in [0.15, 0.2) is 10.1 Å². The number of carbonyl (C=O) groups excluding carboxylic acids is 2. The second-order valence-electron chi connectivity index (χ2n) is 18.7. The predicted molar refractivity (Wildman–Crippen MR) is 248 cm³/mol. The van der Waals surface area contributed by atoms with Gasteiger partial charge in [-0.25, -0.2) is 26.8 Å². The molecule has 0 spiro atoms. The van der Waals surface area contributed by atoms with E-state index in [0.717, 1.165) is 38.5 Å². The number of hydrogen-bond acceptors (Lipinski definition) is 12. The molecule has 8 atom stereocenters. The van der Waals surface area contributed by atoms with E-state index < -0.39 is 67.9 Å². The number of aromatic nitrogens is 6. The van der Waals surface area contributed by atoms with Crippen molar-refractivity contribution in [3.8, 4) is 0 Å². The number of allylic oxidation sites excluding steroid dienone is 2. The predicted octanol–water partition coefficient (Wildman–Crippen LogP) is 1.27. The fourth-order valence-corrected chi connectivity index (χ4v) is 14.6. The van der Waals surface area contributed by atoms with Gasteiger partial charge < -0.3 is 39.1 Å². The Balaban J connectivity index is 0.000000170. The lowest BCUT2D eigenvalue weighted by Gasteiger charge is -2.37. The second-order valence-corrected chi connectivity index (χ2v) is 22.3. The SMILES string of the molecule is C/C=C/c1ccc2n(c1=O)C[C@H]1[C@H](CO)[C@@H](C(=O)NC3CCC3)[C@@H]2N1S(=O)(=O)c1cn(C)cn1.C/C=C\c1ccc2n(c1=O)C[C@H]1[C@H](CO)[C@@H](C(=O)NC3CCC3)[C@@H]2N1S(=O)(=O)c1cn(C)cn1. The summed E-state index contributed by atoms with van der Waals surface area (Å²) < 4.78 is 64.0. The Kier molecular flexibility index (Phi) is 12.9. The zero-order valence-electron chi connectivity index (χ0n) is 38.3. The van der Waals surface area contributed by atoms with Crippen molar-refractivity contribution >= 4 is 44.0 Å². The lowest BCUT2D eigenvalue weighted by Crippen LogP contribution is -2.49. The van der Waals surface area contributed by atoms with Gasteiger partial charge in [-0.05, 0) is 76.6 Å². The van der Waals surface area contributed by atoms with E-state index in [-0.39, 0.29) is 71.4 Å². The molecule has 68 heavy (non-hydrogen) atoms. The van der Waals surface area contributed by atoms with Crippen molar-refractivity contribution in [3.05, 3.63) is 105 Å². The molecule has 8 heterocycles. The van der Waals surface area contributed by atoms with Crippen LogP contribution in [0.25, 0.3) is 12.2 Å². The summed E-state index contributed by atoms with van der Waals surface area (Å²) in [6.45, 7) is 3.00. The number of carbonyl (C=O) groups is 2. The quantitative estimate of drug-likeness (QED) is 0.157. The molecular formula is C46H58N10O10S2. The second kappa shape index (κ2) is 18.4. The van der Waals surface area contributed by atoms with E-state index in [1.54, 1.807) is 80.9 Å². The minimum atomic E-state index is -4.10. The largest absolute Gasteiger partial charge is 0.396 e. The lowest BCUT2D eigenvalue weighted by molar-refractivity contribution is -0.129. The van der Waals surface area contributed by atoms with Crippen LogP contribution in [0.5, 0.6) is 0 Å². The number of hydrogen-bond donors (Lipinski definition) is 4. The Hall–Kier alpha value is -5.52. The van der Waals surface area contributed by atoms with Crippen LogP contribution in [0, 0.1) is 23.7 Å². The molecule has 0 aromatic carbocycles. The average molecular weight is 975 g/mol. The summed E-state index contributed by atoms with van der Waals surface area (Å²) in [6.07, 6.45) is 18.2. The summed E-state index contributed by atoms with van der Waals surface area (Å²) in [5, 5.41) is 26.6. The zero-order chi connectivity index (χ0) is 48.4. The van der Waals surface area contributed by atoms with E-state index in [9.17, 15) is 46.2 Å². The summed E-state index contributed by atoms with van der Waals surface area (Å²) in [7, 11) is -4.84. The molecule has 2 saturated carbocycles. The van der Waals surface area contributed by atoms with Crippen molar-refractivity contribution in [1.29, 1.82) is 0 Å². The molecule has 4 aliphatic heterocycles. The molecule has 2 amide bonds. The Bertz CT molecular complexity index is 2820. The third-order valence-corrected chi connectivity index (χ3v) is 18.3. The number of aryl methyl sites for hydroxylation is 2. The first-order valence-corrected chi connectivity index (χ1v) is 26.0. The van der Waals surface area contributed by atoms with Crippen molar-refractivity contribution < 1.29 is 36.6 Å². The Morgan fingerprint density at radius 1 is 0.662 bits per heavy atom. The number of aliphatic hydroxyl groups excluding tert-OH is 2. The molecule has 0 unspecified atom stereocenters. The van der Waals surface area contributed by atoms with Crippen molar-refractivity contribution in [3.63, 3.8) is 0 Å². The fourth-order valence-electron chi connectivity index (χ4n) is 11.0. The number of sulfonamides is 2. The smallest absolute Gasteiger partial charge is 0.263 e. The molecule has 6 aliphatic rings. The Morgan fingerprint density at radius 2 is 1.04 bits per heavy atom. The molecular weight excluding hydrogens is 917 g/mol. The molecule has 4 fully saturated rings. The molecule has 2 saturated heterocycles. The lowest BCUT2D eigenvalue weighted by atomic mass is 9.85. The Morgan fingerprint density at radius 3 is 1.34 bits per heavy atom. The van der Waals surface area contributed by atoms with Crippen molar-refractivity contribution in [2.75, 3.05) is 13.2 Å². The minimum absolute atomic E-state index is 0.0561. The highest BCUT2D eigenvalue weighted by atomic mass is 32.2. The van der Waals surface area contributed by atoms with Gasteiger partial charge in [-0.15, -0.1) is 0 Å². The van der Waals surface area contributed by atoms with Gasteiger partial charge in [0.2, 0.25) is 11.8 Å². The summed E-state index contributed by atoms with van der Waals surface area (Å²) in [5.74, 6) is -3.53. The van der Waals surface area contributed by atoms with Gasteiger partial charge in [0, 0.05) is 111 Å². The van der Waals surface area contributed by atoms with Crippen LogP contribution < -0.4 is 21.8 Å². The highest BCUT2D eigenvalue weighted by Gasteiger charge is 2.62. The van der Waals surface area contributed by atoms with Gasteiger partial charge in [-0.2, -0.15) is 8.61 Å². The molecule has 4 N–H and O–H groups in total. The van der Waals surface area contributed by atoms with E-state index in [1.807, 2.05) is 13.8 Å². The summed E-state index contributed by atoms with van der Waals surface area (Å²) in [5.41, 5.74) is 1.41. The molecule has 4 aromatic rings. The molecule has 4 bridgehead atoms. The standard InChI is InChI=1S/2C23H29N5O5S/c2*1-3-5-14-8-9-17-21-20(22(30)25-15-6-4-7-15)16(12-29)18(10-27(17)23(14)31)28(21)34(32,33)19-11-26(2)13-24-19/h2*3,5,8-9,11,13,15-16,18,20-21,29H,4,6-7,10,12H2,1-2H3,(H,25,30)/b5-3+;5-3-/t2*16-,18-,20+,21+/m00/s1. The van der Waals surface area contributed by atoms with Gasteiger partial charge in [0.25, 0.3) is 31.2 Å². The molecule has 10 rings (SSSR count). The van der Waals surface area contributed by atoms with E-state index in [0.29, 0.717) is 22.5 Å². The van der Waals surface area contributed by atoms with E-state index in [2.05, 4.69) is 20.6 Å². The number of rotatable bonds is 12. The molecule has 20 nitrogen and oxygen atoms in total. The summed E-state index contributed by atoms with van der Waals surface area (Å²) in [6, 6.07) is 3.53. The third-order valence-electron chi connectivity index (χ3n) is 14.7. The van der Waals surface area contributed by atoms with Crippen molar-refractivity contribution in [1.82, 2.24) is 47.5 Å². The van der Waals surface area contributed by atoms with Crippen LogP contribution in [-0.2, 0) is 56.8 Å². The maximum atomic E-state index is 13.8. The maximum absolute atomic E-state index is 13.8. The number of pyridine rings is 2. The first-order valence-electron chi connectivity index (χ1n) is 23.1. The molecule has 364 valence electrons. The van der Waals surface area contributed by atoms with Crippen LogP contribution in [0.15, 0.2) is 81.1 Å². The monoisotopic (exact) mass is 974 g/mol. The van der Waals surface area contributed by atoms with Crippen LogP contribution in [0.4, 0.5) is 0 Å². The summed E-state index contributed by atoms with van der Waals surface area (Å²) >= 11 is 0. The van der Waals surface area contributed by atoms with Crippen molar-refractivity contribution in [2.24, 2.45) is 37.8 Å². The number of nitrogens with zero attached hydrogens (tertiary/aromatic N) is 8. The Labute approximate surface area is 394 Å². The number of nitrogens with one attached hydrogen (secondary N) is 2. The maximum Gasteiger partial charge on any atom is 0.263 e. The normalized spacial score (nSPS) is 27.0. The fraction of sp³-hybridized carbons (Fsp3) is 0.522. The first kappa shape index (κ1) is 47.5. The summed E-state index contributed by atoms with van der Waals surface area (Å²) in [4.78, 5) is 61.5. The number of amides is 2. The highest BCUT2D eigenvalue weighted by molar-refractivity contribution is 7.89. The van der Waals surface area contributed by atoms with Crippen LogP contribution in [0.3, 0.4) is 0 Å². The number of fused-ring (bicyclic) bond motifs is 8. The van der Waals surface area contributed by atoms with Gasteiger partial charge >= 0.3 is 0 Å². The van der Waals surface area contributed by atoms with Gasteiger partial charge in [-0.3, -0.25) is 19.2 Å². The number of imidazole rings is 2. The highest BCUT2D eigenvalue weighted by Crippen LogP contribution is 2.52. The van der Waals surface area contributed by atoms with Crippen molar-refractivity contribution in [2.45, 2.75) is 112 Å². The van der Waals surface area contributed by atoms with E-state index in [1.165, 1.54) is 33.7 Å². The zero-order valence-corrected chi connectivity index (χ0v) is 40.0. The van der Waals surface area contributed by atoms with Gasteiger partial charge in [-0.1, -0.05) is 24.3 Å². The van der Waals surface area contributed by atoms with Gasteiger partial charge in [0.1, 0.15) is 0 Å². The molecule has 4 aromatic heterocycles. The van der Waals surface area contributed by atoms with Crippen LogP contribution in [0.1, 0.15) is 87.0 Å². The van der Waals surface area contributed by atoms with E-state index >= 15 is 0 Å². The average Bonchev–Trinajstić information content (AvgIpc) is 4.05. The molecule has 0 radical (unpaired) electrons.